The highest BCUT2D eigenvalue weighted by Crippen LogP contribution is 2.56. The van der Waals surface area contributed by atoms with E-state index >= 15 is 0 Å². The molecule has 0 aromatic heterocycles. The Kier molecular flexibility index (Phi) is 3.48. The first-order valence-corrected chi connectivity index (χ1v) is 7.62. The Morgan fingerprint density at radius 2 is 1.78 bits per heavy atom. The van der Waals surface area contributed by atoms with E-state index in [1.54, 1.807) is 0 Å². The molecule has 1 aromatic carbocycles. The molecule has 0 bridgehead atoms. The summed E-state index contributed by atoms with van der Waals surface area (Å²) in [5, 5.41) is 10.6. The summed E-state index contributed by atoms with van der Waals surface area (Å²) in [7, 11) is 0. The zero-order valence-electron chi connectivity index (χ0n) is 10.4. The van der Waals surface area contributed by atoms with Crippen LogP contribution in [0.5, 0.6) is 0 Å². The van der Waals surface area contributed by atoms with Crippen molar-refractivity contribution in [1.82, 2.24) is 0 Å². The summed E-state index contributed by atoms with van der Waals surface area (Å²) in [6.07, 6.45) is 3.54. The Morgan fingerprint density at radius 3 is 2.33 bits per heavy atom. The highest BCUT2D eigenvalue weighted by atomic mass is 79.9. The minimum absolute atomic E-state index is 0.0839. The van der Waals surface area contributed by atoms with E-state index in [1.165, 1.54) is 19.3 Å². The van der Waals surface area contributed by atoms with E-state index in [2.05, 4.69) is 28.1 Å². The van der Waals surface area contributed by atoms with Crippen LogP contribution in [-0.4, -0.2) is 17.8 Å². The van der Waals surface area contributed by atoms with Crippen LogP contribution >= 0.6 is 15.9 Å². The molecule has 0 heterocycles. The number of hydrogen-bond donors (Lipinski definition) is 2. The smallest absolute Gasteiger partial charge is 0.0649 e. The molecule has 0 radical (unpaired) electrons. The van der Waals surface area contributed by atoms with E-state index in [0.717, 1.165) is 21.9 Å². The highest BCUT2D eigenvalue weighted by Gasteiger charge is 2.48. The Labute approximate surface area is 117 Å². The van der Waals surface area contributed by atoms with E-state index in [1.807, 2.05) is 12.1 Å². The van der Waals surface area contributed by atoms with Crippen LogP contribution in [0.15, 0.2) is 28.7 Å². The van der Waals surface area contributed by atoms with E-state index in [0.29, 0.717) is 12.5 Å². The van der Waals surface area contributed by atoms with Crippen LogP contribution in [0.3, 0.4) is 0 Å². The molecule has 0 spiro atoms. The lowest BCUT2D eigenvalue weighted by Crippen LogP contribution is -2.32. The van der Waals surface area contributed by atoms with Crippen molar-refractivity contribution in [3.63, 3.8) is 0 Å². The Balaban J connectivity index is 1.72. The molecule has 3 N–H and O–H groups in total. The van der Waals surface area contributed by atoms with Gasteiger partial charge in [-0.25, -0.2) is 0 Å². The molecule has 98 valence electrons. The lowest BCUT2D eigenvalue weighted by atomic mass is 9.83. The quantitative estimate of drug-likeness (QED) is 0.898. The number of rotatable bonds is 4. The highest BCUT2D eigenvalue weighted by molar-refractivity contribution is 9.10. The van der Waals surface area contributed by atoms with Gasteiger partial charge in [-0.1, -0.05) is 28.1 Å². The molecule has 0 amide bonds. The van der Waals surface area contributed by atoms with Gasteiger partial charge < -0.3 is 10.8 Å². The first-order valence-electron chi connectivity index (χ1n) is 6.82. The monoisotopic (exact) mass is 309 g/mol. The van der Waals surface area contributed by atoms with Crippen LogP contribution in [0.1, 0.15) is 30.7 Å². The van der Waals surface area contributed by atoms with Crippen molar-refractivity contribution in [1.29, 1.82) is 0 Å². The molecule has 3 heteroatoms. The lowest BCUT2D eigenvalue weighted by Gasteiger charge is -2.28. The molecule has 3 rings (SSSR count). The van der Waals surface area contributed by atoms with Crippen molar-refractivity contribution in [2.24, 2.45) is 23.5 Å². The maximum Gasteiger partial charge on any atom is 0.0649 e. The summed E-state index contributed by atoms with van der Waals surface area (Å²) in [4.78, 5) is 0. The van der Waals surface area contributed by atoms with Gasteiger partial charge in [-0.15, -0.1) is 0 Å². The minimum Gasteiger partial charge on any atom is -0.392 e. The van der Waals surface area contributed by atoms with Gasteiger partial charge >= 0.3 is 0 Å². The summed E-state index contributed by atoms with van der Waals surface area (Å²) in [5.74, 6) is 2.37. The Morgan fingerprint density at radius 1 is 1.17 bits per heavy atom. The molecular formula is C15H20BrNO. The van der Waals surface area contributed by atoms with Gasteiger partial charge in [-0.2, -0.15) is 0 Å². The second-order valence-electron chi connectivity index (χ2n) is 5.87. The number of aliphatic hydroxyl groups excluding tert-OH is 1. The van der Waals surface area contributed by atoms with E-state index in [4.69, 9.17) is 5.73 Å². The van der Waals surface area contributed by atoms with Crippen molar-refractivity contribution in [2.75, 3.05) is 6.54 Å². The van der Waals surface area contributed by atoms with E-state index in [9.17, 15) is 5.11 Å². The maximum absolute atomic E-state index is 10.6. The summed E-state index contributed by atoms with van der Waals surface area (Å²) in [6.45, 7) is 0.522. The van der Waals surface area contributed by atoms with Gasteiger partial charge in [0.1, 0.15) is 0 Å². The zero-order chi connectivity index (χ0) is 12.7. The average molecular weight is 310 g/mol. The first-order chi connectivity index (χ1) is 8.69. The van der Waals surface area contributed by atoms with Crippen LogP contribution in [0.25, 0.3) is 0 Å². The number of benzene rings is 1. The second kappa shape index (κ2) is 4.95. The largest absolute Gasteiger partial charge is 0.392 e. The summed E-state index contributed by atoms with van der Waals surface area (Å²) < 4.78 is 1.07. The summed E-state index contributed by atoms with van der Waals surface area (Å²) >= 11 is 3.44. The van der Waals surface area contributed by atoms with Crippen molar-refractivity contribution in [3.05, 3.63) is 34.3 Å². The molecule has 4 unspecified atom stereocenters. The topological polar surface area (TPSA) is 46.2 Å². The fourth-order valence-corrected chi connectivity index (χ4v) is 3.82. The number of aliphatic hydroxyl groups is 1. The van der Waals surface area contributed by atoms with Crippen molar-refractivity contribution < 1.29 is 5.11 Å². The number of fused-ring (bicyclic) bond motifs is 1. The minimum atomic E-state index is -0.274. The number of hydrogen-bond acceptors (Lipinski definition) is 2. The molecule has 0 aliphatic heterocycles. The molecule has 2 nitrogen and oxygen atoms in total. The fraction of sp³-hybridized carbons (Fsp3) is 0.600. The third-order valence-electron chi connectivity index (χ3n) is 4.73. The lowest BCUT2D eigenvalue weighted by molar-refractivity contribution is 0.0790. The molecule has 4 atom stereocenters. The van der Waals surface area contributed by atoms with Gasteiger partial charge in [0.15, 0.2) is 0 Å². The Hall–Kier alpha value is -0.380. The van der Waals surface area contributed by atoms with Gasteiger partial charge in [0.25, 0.3) is 0 Å². The van der Waals surface area contributed by atoms with Gasteiger partial charge in [0.05, 0.1) is 6.10 Å². The van der Waals surface area contributed by atoms with Crippen LogP contribution in [0.2, 0.25) is 0 Å². The normalized spacial score (nSPS) is 32.9. The Bertz CT molecular complexity index is 409. The van der Waals surface area contributed by atoms with E-state index < -0.39 is 0 Å². The molecule has 18 heavy (non-hydrogen) atoms. The molecule has 1 aromatic rings. The number of nitrogens with two attached hydrogens (primary N) is 1. The maximum atomic E-state index is 10.6. The molecule has 2 aliphatic rings. The van der Waals surface area contributed by atoms with Gasteiger partial charge in [0, 0.05) is 16.9 Å². The molecule has 2 aliphatic carbocycles. The third kappa shape index (κ3) is 2.36. The van der Waals surface area contributed by atoms with E-state index in [-0.39, 0.29) is 12.0 Å². The summed E-state index contributed by atoms with van der Waals surface area (Å²) in [5.41, 5.74) is 7.05. The molecule has 0 saturated heterocycles. The SMILES string of the molecule is NCC(c1ccc(Br)cc1)C(O)C1CC2CC2C1. The molecular weight excluding hydrogens is 290 g/mol. The van der Waals surface area contributed by atoms with Gasteiger partial charge in [-0.3, -0.25) is 0 Å². The van der Waals surface area contributed by atoms with Crippen molar-refractivity contribution >= 4 is 15.9 Å². The van der Waals surface area contributed by atoms with Crippen LogP contribution < -0.4 is 5.73 Å². The van der Waals surface area contributed by atoms with Crippen LogP contribution in [0, 0.1) is 17.8 Å². The summed E-state index contributed by atoms with van der Waals surface area (Å²) in [6, 6.07) is 8.19. The predicted molar refractivity (Wildman–Crippen MR) is 76.3 cm³/mol. The molecule has 2 saturated carbocycles. The van der Waals surface area contributed by atoms with Crippen molar-refractivity contribution in [3.8, 4) is 0 Å². The van der Waals surface area contributed by atoms with Gasteiger partial charge in [-0.05, 0) is 54.7 Å². The second-order valence-corrected chi connectivity index (χ2v) is 6.79. The third-order valence-corrected chi connectivity index (χ3v) is 5.26. The van der Waals surface area contributed by atoms with Crippen molar-refractivity contribution in [2.45, 2.75) is 31.3 Å². The fourth-order valence-electron chi connectivity index (χ4n) is 3.55. The van der Waals surface area contributed by atoms with Crippen LogP contribution in [-0.2, 0) is 0 Å². The van der Waals surface area contributed by atoms with Crippen LogP contribution in [0.4, 0.5) is 0 Å². The average Bonchev–Trinajstić information content (AvgIpc) is 2.99. The first kappa shape index (κ1) is 12.6. The predicted octanol–water partition coefficient (Wildman–Crippen LogP) is 2.90. The number of halogens is 1. The zero-order valence-corrected chi connectivity index (χ0v) is 12.0. The van der Waals surface area contributed by atoms with Gasteiger partial charge in [0.2, 0.25) is 0 Å². The molecule has 2 fully saturated rings. The standard InChI is InChI=1S/C15H20BrNO/c16-13-3-1-9(2-4-13)14(8-17)15(18)12-6-10-5-11(10)7-12/h1-4,10-12,14-15,18H,5-8,17H2.